The highest BCUT2D eigenvalue weighted by Crippen LogP contribution is 2.28. The summed E-state index contributed by atoms with van der Waals surface area (Å²) in [6, 6.07) is 4.36. The van der Waals surface area contributed by atoms with Crippen LogP contribution in [0.4, 0.5) is 4.39 Å². The van der Waals surface area contributed by atoms with E-state index in [1.807, 2.05) is 7.05 Å². The van der Waals surface area contributed by atoms with Gasteiger partial charge in [0.2, 0.25) is 0 Å². The van der Waals surface area contributed by atoms with Crippen LogP contribution >= 0.6 is 0 Å². The van der Waals surface area contributed by atoms with Crippen molar-refractivity contribution in [3.05, 3.63) is 35.1 Å². The Hall–Kier alpha value is -1.42. The van der Waals surface area contributed by atoms with Crippen LogP contribution in [0.15, 0.2) is 18.2 Å². The smallest absolute Gasteiger partial charge is 0.336 e. The minimum absolute atomic E-state index is 0.196. The van der Waals surface area contributed by atoms with E-state index in [9.17, 15) is 14.3 Å². The first kappa shape index (κ1) is 15.0. The lowest BCUT2D eigenvalue weighted by atomic mass is 9.86. The van der Waals surface area contributed by atoms with Crippen molar-refractivity contribution < 1.29 is 14.3 Å². The Kier molecular flexibility index (Phi) is 4.76. The molecule has 0 aromatic heterocycles. The number of carbonyl (C=O) groups is 1. The van der Waals surface area contributed by atoms with Crippen molar-refractivity contribution in [1.29, 1.82) is 0 Å². The van der Waals surface area contributed by atoms with Crippen LogP contribution in [-0.4, -0.2) is 29.1 Å². The molecular weight excluding hydrogens is 257 g/mol. The lowest BCUT2D eigenvalue weighted by Gasteiger charge is -2.34. The zero-order valence-corrected chi connectivity index (χ0v) is 12.1. The van der Waals surface area contributed by atoms with E-state index in [1.165, 1.54) is 31.0 Å². The van der Waals surface area contributed by atoms with Crippen molar-refractivity contribution in [3.63, 3.8) is 0 Å². The molecule has 1 saturated carbocycles. The van der Waals surface area contributed by atoms with Gasteiger partial charge < -0.3 is 5.11 Å². The van der Waals surface area contributed by atoms with Crippen molar-refractivity contribution in [3.8, 4) is 0 Å². The van der Waals surface area contributed by atoms with Crippen molar-refractivity contribution >= 4 is 5.97 Å². The van der Waals surface area contributed by atoms with Gasteiger partial charge in [-0.2, -0.15) is 0 Å². The maximum Gasteiger partial charge on any atom is 0.336 e. The molecule has 2 unspecified atom stereocenters. The van der Waals surface area contributed by atoms with E-state index in [1.54, 1.807) is 0 Å². The molecule has 0 radical (unpaired) electrons. The Morgan fingerprint density at radius 1 is 1.45 bits per heavy atom. The normalized spacial score (nSPS) is 23.0. The van der Waals surface area contributed by atoms with E-state index in [4.69, 9.17) is 0 Å². The average Bonchev–Trinajstić information content (AvgIpc) is 2.38. The second-order valence-electron chi connectivity index (χ2n) is 5.95. The predicted molar refractivity (Wildman–Crippen MR) is 76.2 cm³/mol. The van der Waals surface area contributed by atoms with Gasteiger partial charge in [0, 0.05) is 12.6 Å². The highest BCUT2D eigenvalue weighted by Gasteiger charge is 2.23. The summed E-state index contributed by atoms with van der Waals surface area (Å²) in [5, 5.41) is 9.18. The molecule has 110 valence electrons. The molecule has 20 heavy (non-hydrogen) atoms. The van der Waals surface area contributed by atoms with Gasteiger partial charge in [-0.05, 0) is 49.6 Å². The number of rotatable bonds is 4. The minimum Gasteiger partial charge on any atom is -0.478 e. The van der Waals surface area contributed by atoms with Crippen LogP contribution in [0.2, 0.25) is 0 Å². The number of nitrogens with zero attached hydrogens (tertiary/aromatic N) is 1. The zero-order valence-electron chi connectivity index (χ0n) is 12.1. The summed E-state index contributed by atoms with van der Waals surface area (Å²) in [5.74, 6) is -0.663. The first-order chi connectivity index (χ1) is 9.47. The van der Waals surface area contributed by atoms with Gasteiger partial charge in [-0.3, -0.25) is 4.90 Å². The van der Waals surface area contributed by atoms with Crippen molar-refractivity contribution in [2.75, 3.05) is 7.05 Å². The topological polar surface area (TPSA) is 40.5 Å². The van der Waals surface area contributed by atoms with Crippen molar-refractivity contribution in [1.82, 2.24) is 4.90 Å². The SMILES string of the molecule is CC1CCCC(N(C)Cc2cc(F)ccc2C(=O)O)C1. The summed E-state index contributed by atoms with van der Waals surface area (Å²) in [4.78, 5) is 13.4. The van der Waals surface area contributed by atoms with Crippen LogP contribution in [0.5, 0.6) is 0 Å². The molecule has 0 saturated heterocycles. The highest BCUT2D eigenvalue weighted by molar-refractivity contribution is 5.89. The van der Waals surface area contributed by atoms with Gasteiger partial charge >= 0.3 is 5.97 Å². The fourth-order valence-corrected chi connectivity index (χ4v) is 3.10. The van der Waals surface area contributed by atoms with Gasteiger partial charge in [0.15, 0.2) is 0 Å². The lowest BCUT2D eigenvalue weighted by Crippen LogP contribution is -2.35. The van der Waals surface area contributed by atoms with E-state index in [0.717, 1.165) is 12.8 Å². The Balaban J connectivity index is 2.12. The molecule has 1 fully saturated rings. The third kappa shape index (κ3) is 3.57. The van der Waals surface area contributed by atoms with Crippen molar-refractivity contribution in [2.24, 2.45) is 5.92 Å². The van der Waals surface area contributed by atoms with Crippen LogP contribution in [0.3, 0.4) is 0 Å². The Morgan fingerprint density at radius 2 is 2.20 bits per heavy atom. The number of carboxylic acid groups (broad SMARTS) is 1. The van der Waals surface area contributed by atoms with Crippen LogP contribution < -0.4 is 0 Å². The molecule has 1 aromatic carbocycles. The Morgan fingerprint density at radius 3 is 2.85 bits per heavy atom. The average molecular weight is 279 g/mol. The third-order valence-electron chi connectivity index (χ3n) is 4.25. The molecule has 3 nitrogen and oxygen atoms in total. The maximum atomic E-state index is 13.4. The molecule has 4 heteroatoms. The monoisotopic (exact) mass is 279 g/mol. The summed E-state index contributed by atoms with van der Waals surface area (Å²) < 4.78 is 13.4. The number of hydrogen-bond acceptors (Lipinski definition) is 2. The Bertz CT molecular complexity index is 489. The number of carboxylic acids is 1. The Labute approximate surface area is 119 Å². The molecule has 0 heterocycles. The second kappa shape index (κ2) is 6.35. The van der Waals surface area contributed by atoms with Gasteiger partial charge in [-0.15, -0.1) is 0 Å². The summed E-state index contributed by atoms with van der Waals surface area (Å²) in [5.41, 5.74) is 0.750. The number of halogens is 1. The van der Waals surface area contributed by atoms with E-state index in [2.05, 4.69) is 11.8 Å². The molecule has 1 aromatic rings. The molecule has 1 N–H and O–H groups in total. The van der Waals surface area contributed by atoms with E-state index in [-0.39, 0.29) is 11.4 Å². The van der Waals surface area contributed by atoms with Gasteiger partial charge in [0.05, 0.1) is 5.56 Å². The van der Waals surface area contributed by atoms with Gasteiger partial charge in [0.1, 0.15) is 5.82 Å². The van der Waals surface area contributed by atoms with E-state index >= 15 is 0 Å². The summed E-state index contributed by atoms with van der Waals surface area (Å²) >= 11 is 0. The molecular formula is C16H22FNO2. The number of aromatic carboxylic acids is 1. The number of benzene rings is 1. The lowest BCUT2D eigenvalue weighted by molar-refractivity contribution is 0.0693. The quantitative estimate of drug-likeness (QED) is 0.916. The predicted octanol–water partition coefficient (Wildman–Crippen LogP) is 3.53. The van der Waals surface area contributed by atoms with Gasteiger partial charge in [-0.25, -0.2) is 9.18 Å². The molecule has 0 aliphatic heterocycles. The molecule has 0 bridgehead atoms. The molecule has 2 rings (SSSR count). The highest BCUT2D eigenvalue weighted by atomic mass is 19.1. The molecule has 1 aliphatic rings. The minimum atomic E-state index is -0.995. The summed E-state index contributed by atoms with van der Waals surface area (Å²) in [6.07, 6.45) is 4.75. The van der Waals surface area contributed by atoms with Crippen LogP contribution in [0, 0.1) is 11.7 Å². The standard InChI is InChI=1S/C16H22FNO2/c1-11-4-3-5-14(8-11)18(2)10-12-9-13(17)6-7-15(12)16(19)20/h6-7,9,11,14H,3-5,8,10H2,1-2H3,(H,19,20). The van der Waals surface area contributed by atoms with E-state index < -0.39 is 5.97 Å². The van der Waals surface area contributed by atoms with Crippen LogP contribution in [-0.2, 0) is 6.54 Å². The fourth-order valence-electron chi connectivity index (χ4n) is 3.10. The van der Waals surface area contributed by atoms with Gasteiger partial charge in [0.25, 0.3) is 0 Å². The van der Waals surface area contributed by atoms with Gasteiger partial charge in [-0.1, -0.05) is 19.8 Å². The largest absolute Gasteiger partial charge is 0.478 e. The summed E-state index contributed by atoms with van der Waals surface area (Å²) in [7, 11) is 2.00. The molecule has 0 amide bonds. The second-order valence-corrected chi connectivity index (χ2v) is 5.95. The zero-order chi connectivity index (χ0) is 14.7. The number of hydrogen-bond donors (Lipinski definition) is 1. The van der Waals surface area contributed by atoms with Crippen molar-refractivity contribution in [2.45, 2.75) is 45.2 Å². The van der Waals surface area contributed by atoms with Crippen LogP contribution in [0.25, 0.3) is 0 Å². The van der Waals surface area contributed by atoms with Crippen LogP contribution in [0.1, 0.15) is 48.5 Å². The molecule has 0 spiro atoms. The first-order valence-electron chi connectivity index (χ1n) is 7.19. The maximum absolute atomic E-state index is 13.4. The molecule has 1 aliphatic carbocycles. The first-order valence-corrected chi connectivity index (χ1v) is 7.19. The fraction of sp³-hybridized carbons (Fsp3) is 0.562. The summed E-state index contributed by atoms with van der Waals surface area (Å²) in [6.45, 7) is 2.74. The third-order valence-corrected chi connectivity index (χ3v) is 4.25. The molecule has 2 atom stereocenters. The van der Waals surface area contributed by atoms with E-state index in [0.29, 0.717) is 24.1 Å².